The van der Waals surface area contributed by atoms with E-state index in [1.807, 2.05) is 0 Å². The van der Waals surface area contributed by atoms with Crippen LogP contribution in [0.2, 0.25) is 5.02 Å². The van der Waals surface area contributed by atoms with Gasteiger partial charge in [0.1, 0.15) is 0 Å². The number of carbonyl (C=O) groups excluding carboxylic acids is 1. The predicted octanol–water partition coefficient (Wildman–Crippen LogP) is 3.66. The number of hydrogen-bond acceptors (Lipinski definition) is 3. The third-order valence-electron chi connectivity index (χ3n) is 3.76. The van der Waals surface area contributed by atoms with Crippen LogP contribution in [0.1, 0.15) is 19.8 Å². The highest BCUT2D eigenvalue weighted by atomic mass is 35.5. The lowest BCUT2D eigenvalue weighted by atomic mass is 10.2. The van der Waals surface area contributed by atoms with Gasteiger partial charge in [-0.05, 0) is 55.3 Å². The number of nitrogens with one attached hydrogen (secondary N) is 1. The zero-order chi connectivity index (χ0) is 17.3. The van der Waals surface area contributed by atoms with Gasteiger partial charge in [0.15, 0.2) is 0 Å². The Morgan fingerprint density at radius 2 is 1.83 bits per heavy atom. The molecular formula is C17H17ClN2O3S. The fourth-order valence-corrected chi connectivity index (χ4v) is 3.88. The van der Waals surface area contributed by atoms with Gasteiger partial charge in [0.2, 0.25) is 5.91 Å². The summed E-state index contributed by atoms with van der Waals surface area (Å²) < 4.78 is 27.2. The highest BCUT2D eigenvalue weighted by Gasteiger charge is 2.31. The second-order valence-corrected chi connectivity index (χ2v) is 7.85. The highest BCUT2D eigenvalue weighted by Crippen LogP contribution is 2.32. The molecule has 0 aromatic heterocycles. The van der Waals surface area contributed by atoms with Crippen LogP contribution in [0.15, 0.2) is 53.4 Å². The van der Waals surface area contributed by atoms with Crippen LogP contribution in [-0.4, -0.2) is 20.4 Å². The van der Waals surface area contributed by atoms with E-state index < -0.39 is 10.0 Å². The Labute approximate surface area is 146 Å². The normalized spacial score (nSPS) is 14.2. The number of sulfonamides is 1. The van der Waals surface area contributed by atoms with Gasteiger partial charge in [-0.2, -0.15) is 0 Å². The molecule has 1 saturated carbocycles. The minimum absolute atomic E-state index is 0.00948. The van der Waals surface area contributed by atoms with Crippen LogP contribution in [0.25, 0.3) is 0 Å². The lowest BCUT2D eigenvalue weighted by Gasteiger charge is -2.21. The van der Waals surface area contributed by atoms with Crippen LogP contribution >= 0.6 is 11.6 Å². The molecule has 0 spiro atoms. The smallest absolute Gasteiger partial charge is 0.261 e. The van der Waals surface area contributed by atoms with Gasteiger partial charge < -0.3 is 4.90 Å². The van der Waals surface area contributed by atoms with E-state index in [0.717, 1.165) is 18.5 Å². The summed E-state index contributed by atoms with van der Waals surface area (Å²) in [5, 5.41) is 0.356. The van der Waals surface area contributed by atoms with Crippen LogP contribution in [0.3, 0.4) is 0 Å². The first-order valence-corrected chi connectivity index (χ1v) is 9.41. The predicted molar refractivity (Wildman–Crippen MR) is 94.9 cm³/mol. The molecule has 1 aliphatic rings. The number of hydrogen-bond donors (Lipinski definition) is 1. The molecule has 0 atom stereocenters. The molecule has 0 aliphatic heterocycles. The quantitative estimate of drug-likeness (QED) is 0.880. The molecular weight excluding hydrogens is 348 g/mol. The topological polar surface area (TPSA) is 66.5 Å². The molecule has 126 valence electrons. The van der Waals surface area contributed by atoms with E-state index in [0.29, 0.717) is 10.7 Å². The van der Waals surface area contributed by atoms with Gasteiger partial charge >= 0.3 is 0 Å². The fourth-order valence-electron chi connectivity index (χ4n) is 2.52. The monoisotopic (exact) mass is 364 g/mol. The first-order chi connectivity index (χ1) is 11.4. The summed E-state index contributed by atoms with van der Waals surface area (Å²) in [6.07, 6.45) is 2.01. The van der Waals surface area contributed by atoms with E-state index in [1.165, 1.54) is 19.1 Å². The third kappa shape index (κ3) is 3.71. The SMILES string of the molecule is CC(=O)N(c1ccc(NS(=O)(=O)c2cccc(Cl)c2)cc1)C1CC1. The van der Waals surface area contributed by atoms with Crippen LogP contribution in [0.4, 0.5) is 11.4 Å². The van der Waals surface area contributed by atoms with Crippen molar-refractivity contribution < 1.29 is 13.2 Å². The number of nitrogens with zero attached hydrogens (tertiary/aromatic N) is 1. The fraction of sp³-hybridized carbons (Fsp3) is 0.235. The molecule has 0 radical (unpaired) electrons. The Kier molecular flexibility index (Phi) is 4.51. The molecule has 1 aliphatic carbocycles. The van der Waals surface area contributed by atoms with Gasteiger partial charge in [0.25, 0.3) is 10.0 Å². The summed E-state index contributed by atoms with van der Waals surface area (Å²) in [4.78, 5) is 13.6. The van der Waals surface area contributed by atoms with Gasteiger partial charge in [0.05, 0.1) is 4.90 Å². The summed E-state index contributed by atoms with van der Waals surface area (Å²) in [6, 6.07) is 13.1. The summed E-state index contributed by atoms with van der Waals surface area (Å²) in [5.41, 5.74) is 1.20. The molecule has 7 heteroatoms. The first-order valence-electron chi connectivity index (χ1n) is 7.55. The Balaban J connectivity index is 1.80. The number of carbonyl (C=O) groups is 1. The second kappa shape index (κ2) is 6.45. The molecule has 1 amide bonds. The van der Waals surface area contributed by atoms with Crippen molar-refractivity contribution in [3.63, 3.8) is 0 Å². The summed E-state index contributed by atoms with van der Waals surface area (Å²) in [5.74, 6) is -0.00948. The number of halogens is 1. The molecule has 1 fully saturated rings. The van der Waals surface area contributed by atoms with Crippen LogP contribution < -0.4 is 9.62 Å². The molecule has 0 bridgehead atoms. The van der Waals surface area contributed by atoms with Crippen LogP contribution in [0.5, 0.6) is 0 Å². The zero-order valence-corrected chi connectivity index (χ0v) is 14.6. The molecule has 3 rings (SSSR count). The molecule has 2 aromatic rings. The minimum Gasteiger partial charge on any atom is -0.310 e. The van der Waals surface area contributed by atoms with Gasteiger partial charge in [-0.3, -0.25) is 9.52 Å². The van der Waals surface area contributed by atoms with Crippen molar-refractivity contribution in [1.29, 1.82) is 0 Å². The van der Waals surface area contributed by atoms with E-state index in [1.54, 1.807) is 41.3 Å². The standard InChI is InChI=1S/C17H17ClN2O3S/c1-12(21)20(16-9-10-16)15-7-5-14(6-8-15)19-24(22,23)17-4-2-3-13(18)11-17/h2-8,11,16,19H,9-10H2,1H3. The summed E-state index contributed by atoms with van der Waals surface area (Å²) in [7, 11) is -3.70. The number of amides is 1. The van der Waals surface area contributed by atoms with E-state index in [4.69, 9.17) is 11.6 Å². The van der Waals surface area contributed by atoms with Crippen LogP contribution in [-0.2, 0) is 14.8 Å². The van der Waals surface area contributed by atoms with Crippen molar-refractivity contribution in [1.82, 2.24) is 0 Å². The van der Waals surface area contributed by atoms with E-state index >= 15 is 0 Å². The lowest BCUT2D eigenvalue weighted by Crippen LogP contribution is -2.30. The molecule has 1 N–H and O–H groups in total. The molecule has 0 unspecified atom stereocenters. The molecule has 0 saturated heterocycles. The van der Waals surface area contributed by atoms with Crippen LogP contribution in [0, 0.1) is 0 Å². The van der Waals surface area contributed by atoms with E-state index in [9.17, 15) is 13.2 Å². The Hall–Kier alpha value is -2.05. The summed E-state index contributed by atoms with van der Waals surface area (Å²) >= 11 is 5.85. The van der Waals surface area contributed by atoms with Gasteiger partial charge in [-0.15, -0.1) is 0 Å². The van der Waals surface area contributed by atoms with Crippen molar-refractivity contribution in [2.45, 2.75) is 30.7 Å². The summed E-state index contributed by atoms with van der Waals surface area (Å²) in [6.45, 7) is 1.54. The Morgan fingerprint density at radius 3 is 2.38 bits per heavy atom. The first kappa shape index (κ1) is 16.8. The van der Waals surface area contributed by atoms with Crippen molar-refractivity contribution >= 4 is 38.9 Å². The van der Waals surface area contributed by atoms with Crippen molar-refractivity contribution in [2.24, 2.45) is 0 Å². The van der Waals surface area contributed by atoms with E-state index in [2.05, 4.69) is 4.72 Å². The maximum absolute atomic E-state index is 12.4. The highest BCUT2D eigenvalue weighted by molar-refractivity contribution is 7.92. The number of benzene rings is 2. The third-order valence-corrected chi connectivity index (χ3v) is 5.37. The Morgan fingerprint density at radius 1 is 1.17 bits per heavy atom. The van der Waals surface area contributed by atoms with Gasteiger partial charge in [-0.25, -0.2) is 8.42 Å². The Bertz CT molecular complexity index is 862. The average Bonchev–Trinajstić information content (AvgIpc) is 3.33. The van der Waals surface area contributed by atoms with E-state index in [-0.39, 0.29) is 16.8 Å². The van der Waals surface area contributed by atoms with Crippen molar-refractivity contribution in [3.05, 3.63) is 53.6 Å². The van der Waals surface area contributed by atoms with Crippen molar-refractivity contribution in [3.8, 4) is 0 Å². The average molecular weight is 365 g/mol. The minimum atomic E-state index is -3.70. The largest absolute Gasteiger partial charge is 0.310 e. The number of rotatable bonds is 5. The molecule has 24 heavy (non-hydrogen) atoms. The maximum Gasteiger partial charge on any atom is 0.261 e. The second-order valence-electron chi connectivity index (χ2n) is 5.73. The van der Waals surface area contributed by atoms with Gasteiger partial charge in [-0.1, -0.05) is 17.7 Å². The lowest BCUT2D eigenvalue weighted by molar-refractivity contribution is -0.116. The number of anilines is 2. The molecule has 5 nitrogen and oxygen atoms in total. The molecule has 2 aromatic carbocycles. The maximum atomic E-state index is 12.4. The molecule has 0 heterocycles. The zero-order valence-electron chi connectivity index (χ0n) is 13.1. The van der Waals surface area contributed by atoms with Gasteiger partial charge in [0, 0.05) is 29.4 Å². The van der Waals surface area contributed by atoms with Crippen molar-refractivity contribution in [2.75, 3.05) is 9.62 Å².